The van der Waals surface area contributed by atoms with Crippen LogP contribution in [0.25, 0.3) is 0 Å². The molecule has 136 valence electrons. The van der Waals surface area contributed by atoms with Gasteiger partial charge in [-0.1, -0.05) is 48.0 Å². The van der Waals surface area contributed by atoms with E-state index in [-0.39, 0.29) is 5.91 Å². The number of likely N-dealkylation sites (N-methyl/N-ethyl adjacent to an activating group) is 1. The number of fused-ring (bicyclic) bond motifs is 1. The zero-order chi connectivity index (χ0) is 18.3. The first kappa shape index (κ1) is 17.3. The molecule has 4 nitrogen and oxygen atoms in total. The maximum absolute atomic E-state index is 13.1. The molecule has 0 saturated carbocycles. The summed E-state index contributed by atoms with van der Waals surface area (Å²) in [6.45, 7) is 9.00. The lowest BCUT2D eigenvalue weighted by Gasteiger charge is -2.43. The van der Waals surface area contributed by atoms with Crippen LogP contribution in [0, 0.1) is 6.92 Å². The Morgan fingerprint density at radius 3 is 2.31 bits per heavy atom. The molecule has 0 aromatic heterocycles. The number of rotatable bonds is 3. The Balaban J connectivity index is 1.48. The molecule has 2 aliphatic heterocycles. The van der Waals surface area contributed by atoms with E-state index in [1.807, 2.05) is 30.1 Å². The minimum absolute atomic E-state index is 0.186. The number of amides is 1. The van der Waals surface area contributed by atoms with Gasteiger partial charge in [0.1, 0.15) is 5.54 Å². The molecule has 0 radical (unpaired) electrons. The highest BCUT2D eigenvalue weighted by Gasteiger charge is 2.50. The van der Waals surface area contributed by atoms with Crippen molar-refractivity contribution in [3.8, 4) is 0 Å². The molecule has 2 aromatic rings. The van der Waals surface area contributed by atoms with E-state index in [2.05, 4.69) is 54.0 Å². The van der Waals surface area contributed by atoms with E-state index < -0.39 is 5.54 Å². The SMILES string of the molecule is Cc1ccc(CN2CCN(C3(C)C(=O)N(C)c4ccccc43)CC2)cc1. The van der Waals surface area contributed by atoms with E-state index in [1.54, 1.807) is 0 Å². The van der Waals surface area contributed by atoms with Crippen LogP contribution >= 0.6 is 0 Å². The quantitative estimate of drug-likeness (QED) is 0.852. The van der Waals surface area contributed by atoms with E-state index >= 15 is 0 Å². The van der Waals surface area contributed by atoms with Crippen molar-refractivity contribution in [2.24, 2.45) is 0 Å². The van der Waals surface area contributed by atoms with Crippen LogP contribution in [0.1, 0.15) is 23.6 Å². The maximum Gasteiger partial charge on any atom is 0.251 e. The summed E-state index contributed by atoms with van der Waals surface area (Å²) in [7, 11) is 1.89. The Morgan fingerprint density at radius 2 is 1.62 bits per heavy atom. The van der Waals surface area contributed by atoms with Gasteiger partial charge in [0.15, 0.2) is 0 Å². The third-order valence-corrected chi connectivity index (χ3v) is 6.04. The third kappa shape index (κ3) is 2.74. The molecule has 1 fully saturated rings. The van der Waals surface area contributed by atoms with E-state index in [9.17, 15) is 4.79 Å². The number of benzene rings is 2. The fourth-order valence-electron chi connectivity index (χ4n) is 4.34. The predicted molar refractivity (Wildman–Crippen MR) is 105 cm³/mol. The van der Waals surface area contributed by atoms with Gasteiger partial charge in [-0.2, -0.15) is 0 Å². The predicted octanol–water partition coefficient (Wildman–Crippen LogP) is 3.00. The number of hydrogen-bond donors (Lipinski definition) is 0. The molecule has 2 heterocycles. The van der Waals surface area contributed by atoms with Crippen LogP contribution in [-0.4, -0.2) is 48.9 Å². The highest BCUT2D eigenvalue weighted by Crippen LogP contribution is 2.43. The number of hydrogen-bond acceptors (Lipinski definition) is 3. The zero-order valence-corrected chi connectivity index (χ0v) is 15.9. The molecule has 0 aliphatic carbocycles. The topological polar surface area (TPSA) is 26.8 Å². The van der Waals surface area contributed by atoms with E-state index in [4.69, 9.17) is 0 Å². The van der Waals surface area contributed by atoms with Gasteiger partial charge in [-0.15, -0.1) is 0 Å². The fraction of sp³-hybridized carbons (Fsp3) is 0.409. The second kappa shape index (κ2) is 6.53. The van der Waals surface area contributed by atoms with Crippen molar-refractivity contribution in [2.45, 2.75) is 25.9 Å². The molecule has 0 spiro atoms. The lowest BCUT2D eigenvalue weighted by molar-refractivity contribution is -0.130. The first-order valence-electron chi connectivity index (χ1n) is 9.41. The fourth-order valence-corrected chi connectivity index (χ4v) is 4.34. The molecule has 4 heteroatoms. The van der Waals surface area contributed by atoms with Crippen molar-refractivity contribution in [3.05, 3.63) is 65.2 Å². The molecule has 0 N–H and O–H groups in total. The Morgan fingerprint density at radius 1 is 0.962 bits per heavy atom. The Kier molecular flexibility index (Phi) is 4.33. The minimum Gasteiger partial charge on any atom is -0.313 e. The van der Waals surface area contributed by atoms with Gasteiger partial charge < -0.3 is 4.90 Å². The summed E-state index contributed by atoms with van der Waals surface area (Å²) in [6.07, 6.45) is 0. The zero-order valence-electron chi connectivity index (χ0n) is 15.9. The number of piperazine rings is 1. The van der Waals surface area contributed by atoms with Gasteiger partial charge in [0.25, 0.3) is 5.91 Å². The van der Waals surface area contributed by atoms with Gasteiger partial charge in [-0.25, -0.2) is 0 Å². The summed E-state index contributed by atoms with van der Waals surface area (Å²) in [6, 6.07) is 17.0. The summed E-state index contributed by atoms with van der Waals surface area (Å²) in [5, 5.41) is 0. The third-order valence-electron chi connectivity index (χ3n) is 6.04. The normalized spacial score (nSPS) is 24.1. The summed E-state index contributed by atoms with van der Waals surface area (Å²) in [5.74, 6) is 0.186. The van der Waals surface area contributed by atoms with Crippen molar-refractivity contribution in [3.63, 3.8) is 0 Å². The summed E-state index contributed by atoms with van der Waals surface area (Å²) in [4.78, 5) is 19.7. The van der Waals surface area contributed by atoms with Crippen LogP contribution in [0.15, 0.2) is 48.5 Å². The monoisotopic (exact) mass is 349 g/mol. The molecule has 0 bridgehead atoms. The number of aryl methyl sites for hydroxylation is 1. The van der Waals surface area contributed by atoms with Crippen molar-refractivity contribution in [1.29, 1.82) is 0 Å². The van der Waals surface area contributed by atoms with Crippen molar-refractivity contribution < 1.29 is 4.79 Å². The second-order valence-electron chi connectivity index (χ2n) is 7.70. The molecular weight excluding hydrogens is 322 g/mol. The van der Waals surface area contributed by atoms with Crippen LogP contribution in [0.4, 0.5) is 5.69 Å². The Labute approximate surface area is 156 Å². The van der Waals surface area contributed by atoms with Gasteiger partial charge in [0, 0.05) is 51.0 Å². The molecule has 2 aliphatic rings. The average Bonchev–Trinajstić information content (AvgIpc) is 2.87. The Bertz CT molecular complexity index is 808. The van der Waals surface area contributed by atoms with Crippen LogP contribution in [-0.2, 0) is 16.9 Å². The first-order chi connectivity index (χ1) is 12.5. The number of nitrogens with zero attached hydrogens (tertiary/aromatic N) is 3. The van der Waals surface area contributed by atoms with Crippen molar-refractivity contribution in [1.82, 2.24) is 9.80 Å². The van der Waals surface area contributed by atoms with Crippen LogP contribution in [0.2, 0.25) is 0 Å². The van der Waals surface area contributed by atoms with Gasteiger partial charge in [-0.3, -0.25) is 14.6 Å². The molecular formula is C22H27N3O. The van der Waals surface area contributed by atoms with E-state index in [0.29, 0.717) is 0 Å². The molecule has 1 amide bonds. The summed E-state index contributed by atoms with van der Waals surface area (Å²) in [5.41, 5.74) is 4.30. The molecule has 26 heavy (non-hydrogen) atoms. The second-order valence-corrected chi connectivity index (χ2v) is 7.70. The Hall–Kier alpha value is -2.17. The number of carbonyl (C=O) groups is 1. The van der Waals surface area contributed by atoms with Gasteiger partial charge in [0.05, 0.1) is 0 Å². The molecule has 4 rings (SSSR count). The summed E-state index contributed by atoms with van der Waals surface area (Å²) >= 11 is 0. The lowest BCUT2D eigenvalue weighted by Crippen LogP contribution is -2.57. The minimum atomic E-state index is -0.540. The van der Waals surface area contributed by atoms with Gasteiger partial charge in [-0.05, 0) is 25.5 Å². The summed E-state index contributed by atoms with van der Waals surface area (Å²) < 4.78 is 0. The largest absolute Gasteiger partial charge is 0.313 e. The first-order valence-corrected chi connectivity index (χ1v) is 9.41. The average molecular weight is 349 g/mol. The molecule has 1 saturated heterocycles. The highest BCUT2D eigenvalue weighted by molar-refractivity contribution is 6.07. The van der Waals surface area contributed by atoms with Gasteiger partial charge >= 0.3 is 0 Å². The maximum atomic E-state index is 13.1. The van der Waals surface area contributed by atoms with Crippen LogP contribution < -0.4 is 4.90 Å². The molecule has 1 atom stereocenters. The standard InChI is InChI=1S/C22H27N3O/c1-17-8-10-18(11-9-17)16-24-12-14-25(15-13-24)22(2)19-6-4-5-7-20(19)23(3)21(22)26/h4-11H,12-16H2,1-3H3. The number of carbonyl (C=O) groups excluding carboxylic acids is 1. The van der Waals surface area contributed by atoms with Crippen LogP contribution in [0.5, 0.6) is 0 Å². The van der Waals surface area contributed by atoms with E-state index in [1.165, 1.54) is 11.1 Å². The molecule has 2 aromatic carbocycles. The van der Waals surface area contributed by atoms with E-state index in [0.717, 1.165) is 44.0 Å². The molecule has 1 unspecified atom stereocenters. The smallest absolute Gasteiger partial charge is 0.251 e. The number of anilines is 1. The van der Waals surface area contributed by atoms with Crippen molar-refractivity contribution >= 4 is 11.6 Å². The van der Waals surface area contributed by atoms with Crippen LogP contribution in [0.3, 0.4) is 0 Å². The highest BCUT2D eigenvalue weighted by atomic mass is 16.2. The van der Waals surface area contributed by atoms with Crippen molar-refractivity contribution in [2.75, 3.05) is 38.1 Å². The number of para-hydroxylation sites is 1. The lowest BCUT2D eigenvalue weighted by atomic mass is 9.90. The van der Waals surface area contributed by atoms with Gasteiger partial charge in [0.2, 0.25) is 0 Å².